The third-order valence-electron chi connectivity index (χ3n) is 3.24. The average molecular weight is 248 g/mol. The largest absolute Gasteiger partial charge is 0.328 e. The summed E-state index contributed by atoms with van der Waals surface area (Å²) in [4.78, 5) is 4.60. The van der Waals surface area contributed by atoms with E-state index in [0.717, 1.165) is 23.6 Å². The molecule has 17 heavy (non-hydrogen) atoms. The number of imidazole rings is 1. The van der Waals surface area contributed by atoms with Crippen LogP contribution >= 0.6 is 12.6 Å². The van der Waals surface area contributed by atoms with E-state index in [4.69, 9.17) is 0 Å². The van der Waals surface area contributed by atoms with E-state index < -0.39 is 0 Å². The Morgan fingerprint density at radius 3 is 2.82 bits per heavy atom. The summed E-state index contributed by atoms with van der Waals surface area (Å²) in [6, 6.07) is 8.35. The molecule has 0 saturated carbocycles. The molecule has 1 atom stereocenters. The van der Waals surface area contributed by atoms with Crippen molar-refractivity contribution in [2.75, 3.05) is 5.75 Å². The summed E-state index contributed by atoms with van der Waals surface area (Å²) in [5.74, 6) is 2.69. The molecular weight excluding hydrogens is 228 g/mol. The Kier molecular flexibility index (Phi) is 4.11. The number of aryl methyl sites for hydroxylation is 1. The van der Waals surface area contributed by atoms with Gasteiger partial charge in [0.1, 0.15) is 5.82 Å². The van der Waals surface area contributed by atoms with Gasteiger partial charge in [0.25, 0.3) is 0 Å². The molecule has 0 saturated heterocycles. The maximum absolute atomic E-state index is 4.60. The molecule has 0 bridgehead atoms. The number of nitrogens with zero attached hydrogens (tertiary/aromatic N) is 2. The number of hydrogen-bond donors (Lipinski definition) is 1. The second-order valence-electron chi connectivity index (χ2n) is 4.60. The Morgan fingerprint density at radius 2 is 2.12 bits per heavy atom. The zero-order chi connectivity index (χ0) is 12.3. The lowest BCUT2D eigenvalue weighted by Crippen LogP contribution is -2.13. The molecule has 0 fully saturated rings. The van der Waals surface area contributed by atoms with Crippen LogP contribution in [0, 0.1) is 12.8 Å². The van der Waals surface area contributed by atoms with Crippen LogP contribution in [0.25, 0.3) is 11.0 Å². The van der Waals surface area contributed by atoms with Crippen molar-refractivity contribution in [3.8, 4) is 0 Å². The van der Waals surface area contributed by atoms with Crippen molar-refractivity contribution in [2.24, 2.45) is 5.92 Å². The predicted molar refractivity (Wildman–Crippen MR) is 76.7 cm³/mol. The van der Waals surface area contributed by atoms with Gasteiger partial charge in [-0.2, -0.15) is 12.6 Å². The van der Waals surface area contributed by atoms with Crippen LogP contribution < -0.4 is 0 Å². The summed E-state index contributed by atoms with van der Waals surface area (Å²) in [6.45, 7) is 5.35. The monoisotopic (exact) mass is 248 g/mol. The summed E-state index contributed by atoms with van der Waals surface area (Å²) in [7, 11) is 0. The van der Waals surface area contributed by atoms with E-state index in [2.05, 4.69) is 54.2 Å². The van der Waals surface area contributed by atoms with Crippen molar-refractivity contribution in [1.29, 1.82) is 0 Å². The van der Waals surface area contributed by atoms with E-state index in [0.29, 0.717) is 5.92 Å². The fourth-order valence-electron chi connectivity index (χ4n) is 2.33. The first-order valence-electron chi connectivity index (χ1n) is 6.29. The van der Waals surface area contributed by atoms with Gasteiger partial charge in [0, 0.05) is 6.54 Å². The average Bonchev–Trinajstić information content (AvgIpc) is 2.65. The number of para-hydroxylation sites is 2. The van der Waals surface area contributed by atoms with Crippen LogP contribution in [0.2, 0.25) is 0 Å². The van der Waals surface area contributed by atoms with Crippen molar-refractivity contribution in [3.63, 3.8) is 0 Å². The molecule has 0 aliphatic rings. The highest BCUT2D eigenvalue weighted by Crippen LogP contribution is 2.19. The topological polar surface area (TPSA) is 17.8 Å². The molecule has 0 aliphatic heterocycles. The number of aromatic nitrogens is 2. The zero-order valence-electron chi connectivity index (χ0n) is 10.6. The van der Waals surface area contributed by atoms with Crippen LogP contribution in [0.4, 0.5) is 0 Å². The van der Waals surface area contributed by atoms with Crippen molar-refractivity contribution in [2.45, 2.75) is 33.2 Å². The number of thiol groups is 1. The van der Waals surface area contributed by atoms with Gasteiger partial charge < -0.3 is 4.57 Å². The highest BCUT2D eigenvalue weighted by atomic mass is 32.1. The van der Waals surface area contributed by atoms with Crippen molar-refractivity contribution >= 4 is 23.7 Å². The van der Waals surface area contributed by atoms with Crippen LogP contribution in [-0.4, -0.2) is 15.3 Å². The van der Waals surface area contributed by atoms with Crippen LogP contribution in [0.3, 0.4) is 0 Å². The standard InChI is InChI=1S/C14H20N2S/c1-3-6-12(10-17)9-16-11(2)15-13-7-4-5-8-14(13)16/h4-5,7-8,12,17H,3,6,9-10H2,1-2H3. The van der Waals surface area contributed by atoms with Crippen LogP contribution in [0.5, 0.6) is 0 Å². The van der Waals surface area contributed by atoms with Gasteiger partial charge in [-0.1, -0.05) is 25.5 Å². The molecule has 1 unspecified atom stereocenters. The summed E-state index contributed by atoms with van der Waals surface area (Å²) in [5, 5.41) is 0. The molecule has 1 heterocycles. The van der Waals surface area contributed by atoms with E-state index in [1.54, 1.807) is 0 Å². The summed E-state index contributed by atoms with van der Waals surface area (Å²) in [6.07, 6.45) is 2.45. The Morgan fingerprint density at radius 1 is 1.35 bits per heavy atom. The molecule has 2 rings (SSSR count). The van der Waals surface area contributed by atoms with Crippen LogP contribution in [-0.2, 0) is 6.54 Å². The molecule has 3 heteroatoms. The van der Waals surface area contributed by atoms with E-state index in [1.165, 1.54) is 18.4 Å². The summed E-state index contributed by atoms with van der Waals surface area (Å²) in [5.41, 5.74) is 2.34. The van der Waals surface area contributed by atoms with E-state index in [9.17, 15) is 0 Å². The summed E-state index contributed by atoms with van der Waals surface area (Å²) >= 11 is 4.46. The minimum Gasteiger partial charge on any atom is -0.328 e. The smallest absolute Gasteiger partial charge is 0.106 e. The minimum atomic E-state index is 0.639. The second-order valence-corrected chi connectivity index (χ2v) is 4.96. The highest BCUT2D eigenvalue weighted by Gasteiger charge is 2.11. The van der Waals surface area contributed by atoms with E-state index in [1.807, 2.05) is 6.07 Å². The molecule has 0 radical (unpaired) electrons. The van der Waals surface area contributed by atoms with Crippen LogP contribution in [0.15, 0.2) is 24.3 Å². The SMILES string of the molecule is CCCC(CS)Cn1c(C)nc2ccccc21. The first-order valence-corrected chi connectivity index (χ1v) is 6.92. The predicted octanol–water partition coefficient (Wildman–Crippen LogP) is 3.69. The van der Waals surface area contributed by atoms with E-state index >= 15 is 0 Å². The molecule has 0 amide bonds. The minimum absolute atomic E-state index is 0.639. The first-order chi connectivity index (χ1) is 8.26. The third-order valence-corrected chi connectivity index (χ3v) is 3.76. The maximum Gasteiger partial charge on any atom is 0.106 e. The molecular formula is C14H20N2S. The quantitative estimate of drug-likeness (QED) is 0.799. The Balaban J connectivity index is 2.31. The van der Waals surface area contributed by atoms with Crippen molar-refractivity contribution < 1.29 is 0 Å². The van der Waals surface area contributed by atoms with Gasteiger partial charge in [0.2, 0.25) is 0 Å². The normalized spacial score (nSPS) is 13.1. The van der Waals surface area contributed by atoms with Gasteiger partial charge in [0.05, 0.1) is 11.0 Å². The van der Waals surface area contributed by atoms with Gasteiger partial charge in [0.15, 0.2) is 0 Å². The molecule has 0 N–H and O–H groups in total. The lowest BCUT2D eigenvalue weighted by Gasteiger charge is -2.16. The zero-order valence-corrected chi connectivity index (χ0v) is 11.5. The van der Waals surface area contributed by atoms with Gasteiger partial charge in [-0.05, 0) is 37.1 Å². The Bertz CT molecular complexity index is 490. The van der Waals surface area contributed by atoms with E-state index in [-0.39, 0.29) is 0 Å². The maximum atomic E-state index is 4.60. The molecule has 2 nitrogen and oxygen atoms in total. The van der Waals surface area contributed by atoms with Gasteiger partial charge in [-0.25, -0.2) is 4.98 Å². The highest BCUT2D eigenvalue weighted by molar-refractivity contribution is 7.80. The van der Waals surface area contributed by atoms with Crippen molar-refractivity contribution in [3.05, 3.63) is 30.1 Å². The first kappa shape index (κ1) is 12.5. The molecule has 2 aromatic rings. The van der Waals surface area contributed by atoms with Gasteiger partial charge in [-0.15, -0.1) is 0 Å². The van der Waals surface area contributed by atoms with Crippen LogP contribution in [0.1, 0.15) is 25.6 Å². The lowest BCUT2D eigenvalue weighted by atomic mass is 10.1. The molecule has 0 aliphatic carbocycles. The summed E-state index contributed by atoms with van der Waals surface area (Å²) < 4.78 is 2.33. The fourth-order valence-corrected chi connectivity index (χ4v) is 2.63. The second kappa shape index (κ2) is 5.58. The molecule has 1 aromatic carbocycles. The number of rotatable bonds is 5. The lowest BCUT2D eigenvalue weighted by molar-refractivity contribution is 0.455. The fraction of sp³-hybridized carbons (Fsp3) is 0.500. The van der Waals surface area contributed by atoms with Gasteiger partial charge in [-0.3, -0.25) is 0 Å². The number of benzene rings is 1. The number of hydrogen-bond acceptors (Lipinski definition) is 2. The Hall–Kier alpha value is -0.960. The molecule has 0 spiro atoms. The third kappa shape index (κ3) is 2.65. The van der Waals surface area contributed by atoms with Crippen molar-refractivity contribution in [1.82, 2.24) is 9.55 Å². The Labute approximate surface area is 108 Å². The number of fused-ring (bicyclic) bond motifs is 1. The molecule has 92 valence electrons. The van der Waals surface area contributed by atoms with Gasteiger partial charge >= 0.3 is 0 Å². The molecule has 1 aromatic heterocycles.